The van der Waals surface area contributed by atoms with Gasteiger partial charge in [0.15, 0.2) is 6.61 Å². The van der Waals surface area contributed by atoms with Crippen molar-refractivity contribution in [2.75, 3.05) is 18.9 Å². The van der Waals surface area contributed by atoms with E-state index >= 15 is 0 Å². The molecule has 1 aliphatic heterocycles. The number of amides is 1. The van der Waals surface area contributed by atoms with Gasteiger partial charge < -0.3 is 9.64 Å². The van der Waals surface area contributed by atoms with Gasteiger partial charge in [0.25, 0.3) is 5.91 Å². The molecule has 5 heteroatoms. The van der Waals surface area contributed by atoms with Crippen LogP contribution in [0.2, 0.25) is 0 Å². The molecule has 1 amide bonds. The highest BCUT2D eigenvalue weighted by Crippen LogP contribution is 2.37. The third-order valence-electron chi connectivity index (χ3n) is 3.29. The molecular weight excluding hydrogens is 284 g/mol. The predicted octanol–water partition coefficient (Wildman–Crippen LogP) is 2.73. The van der Waals surface area contributed by atoms with Gasteiger partial charge in [-0.2, -0.15) is 0 Å². The first-order chi connectivity index (χ1) is 10.3. The number of ether oxygens (including phenoxy) is 1. The van der Waals surface area contributed by atoms with Gasteiger partial charge in [0.05, 0.1) is 0 Å². The Morgan fingerprint density at radius 3 is 2.90 bits per heavy atom. The molecule has 1 aromatic carbocycles. The molecule has 1 aliphatic rings. The van der Waals surface area contributed by atoms with Crippen molar-refractivity contribution in [2.24, 2.45) is 0 Å². The second-order valence-corrected chi connectivity index (χ2v) is 5.89. The molecule has 1 atom stereocenters. The van der Waals surface area contributed by atoms with E-state index in [0.29, 0.717) is 0 Å². The average molecular weight is 300 g/mol. The molecule has 0 unspecified atom stereocenters. The molecule has 0 aliphatic carbocycles. The van der Waals surface area contributed by atoms with Crippen LogP contribution in [-0.4, -0.2) is 34.7 Å². The lowest BCUT2D eigenvalue weighted by Crippen LogP contribution is -2.34. The number of carbonyl (C=O) groups is 1. The van der Waals surface area contributed by atoms with Gasteiger partial charge in [0, 0.05) is 30.3 Å². The molecule has 0 saturated carbocycles. The Morgan fingerprint density at radius 1 is 1.29 bits per heavy atom. The minimum Gasteiger partial charge on any atom is -0.484 e. The molecule has 0 bridgehead atoms. The standard InChI is InChI=1S/C16H16N2O2S/c19-15(12-20-14-6-2-1-3-7-14)18-9-10-21-16(18)13-5-4-8-17-11-13/h1-8,11,16H,9-10,12H2/t16-/m0/s1. The predicted molar refractivity (Wildman–Crippen MR) is 83.1 cm³/mol. The summed E-state index contributed by atoms with van der Waals surface area (Å²) in [6.45, 7) is 0.822. The van der Waals surface area contributed by atoms with E-state index in [1.54, 1.807) is 18.0 Å². The minimum atomic E-state index is 0.0118. The van der Waals surface area contributed by atoms with Crippen LogP contribution in [0.4, 0.5) is 0 Å². The zero-order chi connectivity index (χ0) is 14.5. The maximum Gasteiger partial charge on any atom is 0.261 e. The van der Waals surface area contributed by atoms with Crippen LogP contribution in [0.15, 0.2) is 54.9 Å². The maximum absolute atomic E-state index is 12.4. The average Bonchev–Trinajstić information content (AvgIpc) is 3.04. The number of benzene rings is 1. The second-order valence-electron chi connectivity index (χ2n) is 4.70. The maximum atomic E-state index is 12.4. The van der Waals surface area contributed by atoms with E-state index in [0.717, 1.165) is 23.6 Å². The van der Waals surface area contributed by atoms with Crippen LogP contribution < -0.4 is 4.74 Å². The Kier molecular flexibility index (Phi) is 4.40. The molecule has 1 aromatic heterocycles. The molecule has 2 aromatic rings. The summed E-state index contributed by atoms with van der Waals surface area (Å²) in [7, 11) is 0. The molecule has 1 saturated heterocycles. The van der Waals surface area contributed by atoms with E-state index in [4.69, 9.17) is 4.74 Å². The highest BCUT2D eigenvalue weighted by atomic mass is 32.2. The largest absolute Gasteiger partial charge is 0.484 e. The van der Waals surface area contributed by atoms with Crippen molar-refractivity contribution in [2.45, 2.75) is 5.37 Å². The van der Waals surface area contributed by atoms with Gasteiger partial charge in [-0.3, -0.25) is 9.78 Å². The lowest BCUT2D eigenvalue weighted by molar-refractivity contribution is -0.133. The first kappa shape index (κ1) is 13.9. The summed E-state index contributed by atoms with van der Waals surface area (Å²) in [6.07, 6.45) is 3.56. The summed E-state index contributed by atoms with van der Waals surface area (Å²) >= 11 is 1.76. The molecular formula is C16H16N2O2S. The normalized spacial score (nSPS) is 17.7. The number of rotatable bonds is 4. The molecule has 108 valence electrons. The van der Waals surface area contributed by atoms with Crippen LogP contribution in [0.25, 0.3) is 0 Å². The number of thioether (sulfide) groups is 1. The van der Waals surface area contributed by atoms with Crippen molar-refractivity contribution in [1.29, 1.82) is 0 Å². The summed E-state index contributed by atoms with van der Waals surface area (Å²) in [5, 5.41) is 0.0468. The van der Waals surface area contributed by atoms with E-state index < -0.39 is 0 Å². The fourth-order valence-corrected chi connectivity index (χ4v) is 3.53. The van der Waals surface area contributed by atoms with E-state index in [1.165, 1.54) is 0 Å². The molecule has 3 rings (SSSR count). The minimum absolute atomic E-state index is 0.0118. The molecule has 0 N–H and O–H groups in total. The van der Waals surface area contributed by atoms with Crippen LogP contribution in [0, 0.1) is 0 Å². The van der Waals surface area contributed by atoms with Crippen LogP contribution in [0.1, 0.15) is 10.9 Å². The molecule has 0 spiro atoms. The zero-order valence-electron chi connectivity index (χ0n) is 11.5. The zero-order valence-corrected chi connectivity index (χ0v) is 12.3. The lowest BCUT2D eigenvalue weighted by atomic mass is 10.2. The Hall–Kier alpha value is -2.01. The van der Waals surface area contributed by atoms with Crippen molar-refractivity contribution in [1.82, 2.24) is 9.88 Å². The van der Waals surface area contributed by atoms with Gasteiger partial charge in [-0.05, 0) is 18.2 Å². The quantitative estimate of drug-likeness (QED) is 0.871. The van der Waals surface area contributed by atoms with Crippen LogP contribution in [0.5, 0.6) is 5.75 Å². The Balaban J connectivity index is 1.64. The summed E-state index contributed by atoms with van der Waals surface area (Å²) in [5.74, 6) is 1.67. The lowest BCUT2D eigenvalue weighted by Gasteiger charge is -2.23. The van der Waals surface area contributed by atoms with Gasteiger partial charge >= 0.3 is 0 Å². The van der Waals surface area contributed by atoms with Crippen molar-refractivity contribution in [3.05, 3.63) is 60.4 Å². The molecule has 1 fully saturated rings. The Morgan fingerprint density at radius 2 is 2.14 bits per heavy atom. The van der Waals surface area contributed by atoms with Crippen LogP contribution in [-0.2, 0) is 4.79 Å². The van der Waals surface area contributed by atoms with Gasteiger partial charge in [-0.15, -0.1) is 11.8 Å². The summed E-state index contributed by atoms with van der Waals surface area (Å²) in [6, 6.07) is 13.3. The van der Waals surface area contributed by atoms with Crippen molar-refractivity contribution >= 4 is 17.7 Å². The van der Waals surface area contributed by atoms with Gasteiger partial charge in [0.2, 0.25) is 0 Å². The SMILES string of the molecule is O=C(COc1ccccc1)N1CCS[C@H]1c1cccnc1. The Bertz CT molecular complexity index is 592. The van der Waals surface area contributed by atoms with Gasteiger partial charge in [-0.25, -0.2) is 0 Å². The monoisotopic (exact) mass is 300 g/mol. The smallest absolute Gasteiger partial charge is 0.261 e. The number of carbonyl (C=O) groups excluding carboxylic acids is 1. The topological polar surface area (TPSA) is 42.4 Å². The summed E-state index contributed by atoms with van der Waals surface area (Å²) in [5.41, 5.74) is 1.06. The van der Waals surface area contributed by atoms with Crippen molar-refractivity contribution in [3.63, 3.8) is 0 Å². The first-order valence-corrected chi connectivity index (χ1v) is 7.88. The highest BCUT2D eigenvalue weighted by molar-refractivity contribution is 7.99. The first-order valence-electron chi connectivity index (χ1n) is 6.83. The van der Waals surface area contributed by atoms with Crippen molar-refractivity contribution < 1.29 is 9.53 Å². The fraction of sp³-hybridized carbons (Fsp3) is 0.250. The van der Waals surface area contributed by atoms with E-state index in [9.17, 15) is 4.79 Å². The molecule has 2 heterocycles. The Labute approximate surface area is 128 Å². The highest BCUT2D eigenvalue weighted by Gasteiger charge is 2.30. The molecule has 0 radical (unpaired) electrons. The summed E-state index contributed by atoms with van der Waals surface area (Å²) in [4.78, 5) is 18.4. The second kappa shape index (κ2) is 6.63. The number of para-hydroxylation sites is 1. The number of aromatic nitrogens is 1. The molecule has 4 nitrogen and oxygen atoms in total. The van der Waals surface area contributed by atoms with Crippen molar-refractivity contribution in [3.8, 4) is 5.75 Å². The van der Waals surface area contributed by atoms with E-state index in [-0.39, 0.29) is 17.9 Å². The van der Waals surface area contributed by atoms with Crippen LogP contribution in [0.3, 0.4) is 0 Å². The molecule has 21 heavy (non-hydrogen) atoms. The van der Waals surface area contributed by atoms with E-state index in [2.05, 4.69) is 4.98 Å². The number of pyridine rings is 1. The number of hydrogen-bond acceptors (Lipinski definition) is 4. The number of nitrogens with zero attached hydrogens (tertiary/aromatic N) is 2. The van der Waals surface area contributed by atoms with Gasteiger partial charge in [0.1, 0.15) is 11.1 Å². The third kappa shape index (κ3) is 3.36. The third-order valence-corrected chi connectivity index (χ3v) is 4.55. The van der Waals surface area contributed by atoms with Gasteiger partial charge in [-0.1, -0.05) is 24.3 Å². The van der Waals surface area contributed by atoms with E-state index in [1.807, 2.05) is 53.6 Å². The van der Waals surface area contributed by atoms with Crippen LogP contribution >= 0.6 is 11.8 Å². The fourth-order valence-electron chi connectivity index (χ4n) is 2.27. The summed E-state index contributed by atoms with van der Waals surface area (Å²) < 4.78 is 5.55. The number of hydrogen-bond donors (Lipinski definition) is 0.